The van der Waals surface area contributed by atoms with E-state index in [0.29, 0.717) is 10.5 Å². The molecule has 4 heteroatoms. The van der Waals surface area contributed by atoms with Crippen molar-refractivity contribution >= 4 is 21.6 Å². The standard InChI is InChI=1S/C12H26O2S2/c1-3-5-11(7-9-13)15-16-12(6-4-2)8-10-14/h11-14H,3-10H2,1-2H3. The van der Waals surface area contributed by atoms with E-state index in [0.717, 1.165) is 12.8 Å². The molecule has 98 valence electrons. The molecule has 0 saturated heterocycles. The molecule has 0 aliphatic rings. The van der Waals surface area contributed by atoms with E-state index in [4.69, 9.17) is 10.2 Å². The van der Waals surface area contributed by atoms with Crippen molar-refractivity contribution in [1.82, 2.24) is 0 Å². The zero-order valence-corrected chi connectivity index (χ0v) is 12.2. The van der Waals surface area contributed by atoms with Gasteiger partial charge in [0.25, 0.3) is 0 Å². The fourth-order valence-corrected chi connectivity index (χ4v) is 5.05. The number of hydrogen-bond donors (Lipinski definition) is 2. The first-order valence-corrected chi connectivity index (χ1v) is 8.59. The zero-order chi connectivity index (χ0) is 12.2. The van der Waals surface area contributed by atoms with Gasteiger partial charge in [0, 0.05) is 23.7 Å². The molecule has 0 fully saturated rings. The summed E-state index contributed by atoms with van der Waals surface area (Å²) in [5.41, 5.74) is 0. The second-order valence-corrected chi connectivity index (χ2v) is 6.91. The molecule has 16 heavy (non-hydrogen) atoms. The van der Waals surface area contributed by atoms with Crippen LogP contribution in [0, 0.1) is 0 Å². The fourth-order valence-electron chi connectivity index (χ4n) is 1.57. The summed E-state index contributed by atoms with van der Waals surface area (Å²) in [5.74, 6) is 0. The second kappa shape index (κ2) is 12.1. The van der Waals surface area contributed by atoms with E-state index in [9.17, 15) is 0 Å². The molecular weight excluding hydrogens is 240 g/mol. The summed E-state index contributed by atoms with van der Waals surface area (Å²) >= 11 is 0. The van der Waals surface area contributed by atoms with E-state index in [1.165, 1.54) is 25.7 Å². The molecule has 0 aromatic carbocycles. The van der Waals surface area contributed by atoms with Crippen LogP contribution in [0.5, 0.6) is 0 Å². The van der Waals surface area contributed by atoms with Crippen LogP contribution in [0.4, 0.5) is 0 Å². The topological polar surface area (TPSA) is 40.5 Å². The van der Waals surface area contributed by atoms with Gasteiger partial charge in [-0.05, 0) is 25.7 Å². The van der Waals surface area contributed by atoms with Crippen LogP contribution in [-0.4, -0.2) is 33.9 Å². The lowest BCUT2D eigenvalue weighted by Crippen LogP contribution is -2.07. The normalized spacial score (nSPS) is 15.0. The van der Waals surface area contributed by atoms with E-state index >= 15 is 0 Å². The summed E-state index contributed by atoms with van der Waals surface area (Å²) in [4.78, 5) is 0. The summed E-state index contributed by atoms with van der Waals surface area (Å²) in [6.45, 7) is 4.95. The Bertz CT molecular complexity index is 117. The van der Waals surface area contributed by atoms with Crippen molar-refractivity contribution < 1.29 is 10.2 Å². The molecule has 2 N–H and O–H groups in total. The minimum Gasteiger partial charge on any atom is -0.396 e. The maximum atomic E-state index is 8.97. The lowest BCUT2D eigenvalue weighted by molar-refractivity contribution is 0.284. The van der Waals surface area contributed by atoms with E-state index in [-0.39, 0.29) is 13.2 Å². The molecule has 0 bridgehead atoms. The highest BCUT2D eigenvalue weighted by molar-refractivity contribution is 8.77. The van der Waals surface area contributed by atoms with E-state index in [1.54, 1.807) is 0 Å². The number of rotatable bonds is 11. The third-order valence-corrected chi connectivity index (χ3v) is 6.02. The van der Waals surface area contributed by atoms with Crippen molar-refractivity contribution in [3.05, 3.63) is 0 Å². The maximum Gasteiger partial charge on any atom is 0.0441 e. The third-order valence-electron chi connectivity index (χ3n) is 2.45. The highest BCUT2D eigenvalue weighted by Gasteiger charge is 2.13. The van der Waals surface area contributed by atoms with Crippen LogP contribution in [0.2, 0.25) is 0 Å². The van der Waals surface area contributed by atoms with Gasteiger partial charge < -0.3 is 10.2 Å². The second-order valence-electron chi connectivity index (χ2n) is 4.04. The summed E-state index contributed by atoms with van der Waals surface area (Å²) in [5, 5.41) is 19.1. The monoisotopic (exact) mass is 266 g/mol. The lowest BCUT2D eigenvalue weighted by atomic mass is 10.2. The molecular formula is C12H26O2S2. The average Bonchev–Trinajstić information content (AvgIpc) is 2.27. The summed E-state index contributed by atoms with van der Waals surface area (Å²) in [6.07, 6.45) is 6.49. The highest BCUT2D eigenvalue weighted by atomic mass is 33.1. The van der Waals surface area contributed by atoms with Crippen molar-refractivity contribution in [3.8, 4) is 0 Å². The molecule has 0 aliphatic carbocycles. The number of aliphatic hydroxyl groups excluding tert-OH is 2. The molecule has 0 amide bonds. The molecule has 0 saturated carbocycles. The summed E-state index contributed by atoms with van der Waals surface area (Å²) in [7, 11) is 3.81. The smallest absolute Gasteiger partial charge is 0.0441 e. The molecule has 0 aromatic heterocycles. The van der Waals surface area contributed by atoms with E-state index in [2.05, 4.69) is 13.8 Å². The molecule has 0 spiro atoms. The minimum absolute atomic E-state index is 0.288. The number of aliphatic hydroxyl groups is 2. The third kappa shape index (κ3) is 8.74. The Morgan fingerprint density at radius 2 is 1.12 bits per heavy atom. The Labute approximate surface area is 108 Å². The van der Waals surface area contributed by atoms with Crippen LogP contribution >= 0.6 is 21.6 Å². The quantitative estimate of drug-likeness (QED) is 0.562. The Hall–Kier alpha value is 0.620. The molecule has 0 heterocycles. The van der Waals surface area contributed by atoms with Crippen LogP contribution in [0.15, 0.2) is 0 Å². The van der Waals surface area contributed by atoms with Gasteiger partial charge in [-0.25, -0.2) is 0 Å². The van der Waals surface area contributed by atoms with Crippen molar-refractivity contribution in [2.24, 2.45) is 0 Å². The van der Waals surface area contributed by atoms with Gasteiger partial charge in [0.05, 0.1) is 0 Å². The summed E-state index contributed by atoms with van der Waals surface area (Å²) in [6, 6.07) is 0. The Morgan fingerprint density at radius 3 is 1.38 bits per heavy atom. The van der Waals surface area contributed by atoms with Gasteiger partial charge in [-0.2, -0.15) is 0 Å². The highest BCUT2D eigenvalue weighted by Crippen LogP contribution is 2.37. The van der Waals surface area contributed by atoms with Gasteiger partial charge >= 0.3 is 0 Å². The molecule has 0 rings (SSSR count). The van der Waals surface area contributed by atoms with Gasteiger partial charge in [-0.15, -0.1) is 0 Å². The predicted octanol–water partition coefficient (Wildman–Crippen LogP) is 3.47. The van der Waals surface area contributed by atoms with Gasteiger partial charge in [-0.1, -0.05) is 48.3 Å². The average molecular weight is 266 g/mol. The van der Waals surface area contributed by atoms with Crippen LogP contribution < -0.4 is 0 Å². The first-order valence-electron chi connectivity index (χ1n) is 6.32. The maximum absolute atomic E-state index is 8.97. The van der Waals surface area contributed by atoms with Crippen molar-refractivity contribution in [2.45, 2.75) is 62.9 Å². The van der Waals surface area contributed by atoms with Crippen molar-refractivity contribution in [1.29, 1.82) is 0 Å². The first-order chi connectivity index (χ1) is 7.78. The minimum atomic E-state index is 0.288. The van der Waals surface area contributed by atoms with Crippen LogP contribution in [-0.2, 0) is 0 Å². The van der Waals surface area contributed by atoms with Gasteiger partial charge in [0.15, 0.2) is 0 Å². The molecule has 2 atom stereocenters. The Balaban J connectivity index is 3.83. The fraction of sp³-hybridized carbons (Fsp3) is 1.00. The van der Waals surface area contributed by atoms with E-state index < -0.39 is 0 Å². The molecule has 2 nitrogen and oxygen atoms in total. The molecule has 0 radical (unpaired) electrons. The molecule has 2 unspecified atom stereocenters. The predicted molar refractivity (Wildman–Crippen MR) is 76.0 cm³/mol. The van der Waals surface area contributed by atoms with Gasteiger partial charge in [0.2, 0.25) is 0 Å². The van der Waals surface area contributed by atoms with Crippen molar-refractivity contribution in [2.75, 3.05) is 13.2 Å². The molecule has 0 aromatic rings. The lowest BCUT2D eigenvalue weighted by Gasteiger charge is -2.18. The van der Waals surface area contributed by atoms with Gasteiger partial charge in [0.1, 0.15) is 0 Å². The molecule has 0 aliphatic heterocycles. The number of hydrogen-bond acceptors (Lipinski definition) is 4. The van der Waals surface area contributed by atoms with Crippen molar-refractivity contribution in [3.63, 3.8) is 0 Å². The Kier molecular flexibility index (Phi) is 12.6. The SMILES string of the molecule is CCCC(CCO)SSC(CCC)CCO. The van der Waals surface area contributed by atoms with E-state index in [1.807, 2.05) is 21.6 Å². The first kappa shape index (κ1) is 16.6. The largest absolute Gasteiger partial charge is 0.396 e. The Morgan fingerprint density at radius 1 is 0.750 bits per heavy atom. The van der Waals surface area contributed by atoms with Crippen LogP contribution in [0.3, 0.4) is 0 Å². The van der Waals surface area contributed by atoms with Gasteiger partial charge in [-0.3, -0.25) is 0 Å². The van der Waals surface area contributed by atoms with Crippen LogP contribution in [0.1, 0.15) is 52.4 Å². The van der Waals surface area contributed by atoms with Crippen LogP contribution in [0.25, 0.3) is 0 Å². The summed E-state index contributed by atoms with van der Waals surface area (Å²) < 4.78 is 0. The zero-order valence-electron chi connectivity index (χ0n) is 10.5.